The van der Waals surface area contributed by atoms with Gasteiger partial charge in [0.1, 0.15) is 6.42 Å². The molecule has 0 aliphatic carbocycles. The Kier molecular flexibility index (Phi) is 4.21. The molecule has 0 aromatic heterocycles. The molecule has 3 nitrogen and oxygen atoms in total. The summed E-state index contributed by atoms with van der Waals surface area (Å²) in [5.74, 6) is 4.29. The molecule has 0 unspecified atom stereocenters. The zero-order valence-electron chi connectivity index (χ0n) is 9.47. The zero-order valence-corrected chi connectivity index (χ0v) is 9.47. The van der Waals surface area contributed by atoms with Crippen LogP contribution >= 0.6 is 0 Å². The SMILES string of the molecule is COC(=O)CC#Cc1cc(N)cc(C(F)(F)F)c1. The van der Waals surface area contributed by atoms with Crippen LogP contribution in [0.1, 0.15) is 17.5 Å². The van der Waals surface area contributed by atoms with E-state index in [0.717, 1.165) is 12.1 Å². The Morgan fingerprint density at radius 1 is 1.39 bits per heavy atom. The van der Waals surface area contributed by atoms with Gasteiger partial charge < -0.3 is 10.5 Å². The van der Waals surface area contributed by atoms with E-state index in [0.29, 0.717) is 0 Å². The summed E-state index contributed by atoms with van der Waals surface area (Å²) in [5.41, 5.74) is 4.55. The number of alkyl halides is 3. The van der Waals surface area contributed by atoms with Crippen molar-refractivity contribution in [2.75, 3.05) is 12.8 Å². The van der Waals surface area contributed by atoms with Crippen LogP contribution in [0.3, 0.4) is 0 Å². The minimum absolute atomic E-state index is 0.0350. The lowest BCUT2D eigenvalue weighted by Gasteiger charge is -2.07. The third-order valence-electron chi connectivity index (χ3n) is 1.98. The first-order chi connectivity index (χ1) is 8.32. The number of carbonyl (C=O) groups excluding carboxylic acids is 1. The van der Waals surface area contributed by atoms with Gasteiger partial charge in [-0.05, 0) is 18.2 Å². The standard InChI is InChI=1S/C12H10F3NO2/c1-18-11(17)4-2-3-8-5-9(12(13,14)15)7-10(16)6-8/h5-7H,4,16H2,1H3. The third-order valence-corrected chi connectivity index (χ3v) is 1.98. The lowest BCUT2D eigenvalue weighted by Crippen LogP contribution is -2.06. The van der Waals surface area contributed by atoms with Gasteiger partial charge >= 0.3 is 12.1 Å². The van der Waals surface area contributed by atoms with Crippen molar-refractivity contribution in [3.63, 3.8) is 0 Å². The maximum atomic E-state index is 12.5. The first-order valence-electron chi connectivity index (χ1n) is 4.86. The maximum Gasteiger partial charge on any atom is 0.416 e. The largest absolute Gasteiger partial charge is 0.468 e. The van der Waals surface area contributed by atoms with Crippen LogP contribution in [-0.4, -0.2) is 13.1 Å². The van der Waals surface area contributed by atoms with Crippen molar-refractivity contribution in [3.05, 3.63) is 29.3 Å². The minimum atomic E-state index is -4.48. The highest BCUT2D eigenvalue weighted by Crippen LogP contribution is 2.31. The molecule has 0 radical (unpaired) electrons. The van der Waals surface area contributed by atoms with E-state index in [1.165, 1.54) is 13.2 Å². The molecule has 0 fully saturated rings. The Labute approximate surface area is 102 Å². The summed E-state index contributed by atoms with van der Waals surface area (Å²) in [6, 6.07) is 3.01. The second-order valence-corrected chi connectivity index (χ2v) is 3.40. The summed E-state index contributed by atoms with van der Waals surface area (Å²) in [6.45, 7) is 0. The van der Waals surface area contributed by atoms with Crippen molar-refractivity contribution < 1.29 is 22.7 Å². The first kappa shape index (κ1) is 13.9. The molecule has 0 saturated carbocycles. The molecule has 0 saturated heterocycles. The van der Waals surface area contributed by atoms with E-state index in [1.54, 1.807) is 0 Å². The molecule has 0 amide bonds. The number of halogens is 3. The van der Waals surface area contributed by atoms with E-state index in [-0.39, 0.29) is 17.7 Å². The number of benzene rings is 1. The fourth-order valence-electron chi connectivity index (χ4n) is 1.18. The molecule has 1 rings (SSSR count). The van der Waals surface area contributed by atoms with Gasteiger partial charge in [-0.3, -0.25) is 4.79 Å². The number of esters is 1. The van der Waals surface area contributed by atoms with E-state index < -0.39 is 17.7 Å². The molecule has 0 heterocycles. The summed E-state index contributed by atoms with van der Waals surface area (Å²) in [4.78, 5) is 10.8. The van der Waals surface area contributed by atoms with Gasteiger partial charge in [0.25, 0.3) is 0 Å². The second-order valence-electron chi connectivity index (χ2n) is 3.40. The zero-order chi connectivity index (χ0) is 13.8. The molecular weight excluding hydrogens is 247 g/mol. The van der Waals surface area contributed by atoms with E-state index >= 15 is 0 Å². The molecule has 1 aromatic carbocycles. The smallest absolute Gasteiger partial charge is 0.416 e. The number of anilines is 1. The number of methoxy groups -OCH3 is 1. The number of carbonyl (C=O) groups is 1. The topological polar surface area (TPSA) is 52.3 Å². The van der Waals surface area contributed by atoms with Crippen LogP contribution in [0.15, 0.2) is 18.2 Å². The second kappa shape index (κ2) is 5.45. The van der Waals surface area contributed by atoms with Gasteiger partial charge in [0.15, 0.2) is 0 Å². The summed E-state index contributed by atoms with van der Waals surface area (Å²) in [5, 5.41) is 0. The predicted molar refractivity (Wildman–Crippen MR) is 59.4 cm³/mol. The van der Waals surface area contributed by atoms with E-state index in [4.69, 9.17) is 5.73 Å². The molecule has 0 aliphatic heterocycles. The maximum absolute atomic E-state index is 12.5. The fourth-order valence-corrected chi connectivity index (χ4v) is 1.18. The molecule has 18 heavy (non-hydrogen) atoms. The number of rotatable bonds is 1. The monoisotopic (exact) mass is 257 g/mol. The summed E-state index contributed by atoms with van der Waals surface area (Å²) in [6.07, 6.45) is -4.67. The van der Waals surface area contributed by atoms with E-state index in [2.05, 4.69) is 16.6 Å². The van der Waals surface area contributed by atoms with Crippen LogP contribution in [0.5, 0.6) is 0 Å². The quantitative estimate of drug-likeness (QED) is 0.476. The number of nitrogens with two attached hydrogens (primary N) is 1. The summed E-state index contributed by atoms with van der Waals surface area (Å²) < 4.78 is 41.8. The van der Waals surface area contributed by atoms with Crippen LogP contribution in [-0.2, 0) is 15.7 Å². The normalized spacial score (nSPS) is 10.4. The number of hydrogen-bond acceptors (Lipinski definition) is 3. The fraction of sp³-hybridized carbons (Fsp3) is 0.250. The molecule has 6 heteroatoms. The molecule has 0 aliphatic rings. The summed E-state index contributed by atoms with van der Waals surface area (Å²) >= 11 is 0. The van der Waals surface area contributed by atoms with Gasteiger partial charge in [-0.25, -0.2) is 0 Å². The van der Waals surface area contributed by atoms with Gasteiger partial charge in [0.05, 0.1) is 12.7 Å². The van der Waals surface area contributed by atoms with Crippen molar-refractivity contribution in [3.8, 4) is 11.8 Å². The molecule has 0 atom stereocenters. The van der Waals surface area contributed by atoms with E-state index in [1.807, 2.05) is 0 Å². The molecule has 2 N–H and O–H groups in total. The Bertz CT molecular complexity index is 512. The Balaban J connectivity index is 2.97. The predicted octanol–water partition coefficient (Wildman–Crippen LogP) is 2.20. The van der Waals surface area contributed by atoms with Crippen LogP contribution < -0.4 is 5.73 Å². The van der Waals surface area contributed by atoms with Gasteiger partial charge in [-0.2, -0.15) is 13.2 Å². The highest BCUT2D eigenvalue weighted by atomic mass is 19.4. The highest BCUT2D eigenvalue weighted by Gasteiger charge is 2.30. The van der Waals surface area contributed by atoms with Gasteiger partial charge in [0, 0.05) is 11.3 Å². The van der Waals surface area contributed by atoms with Crippen molar-refractivity contribution in [2.45, 2.75) is 12.6 Å². The summed E-state index contributed by atoms with van der Waals surface area (Å²) in [7, 11) is 1.20. The van der Waals surface area contributed by atoms with Crippen molar-refractivity contribution >= 4 is 11.7 Å². The Morgan fingerprint density at radius 2 is 2.06 bits per heavy atom. The van der Waals surface area contributed by atoms with Crippen molar-refractivity contribution in [1.82, 2.24) is 0 Å². The van der Waals surface area contributed by atoms with Gasteiger partial charge in [0.2, 0.25) is 0 Å². The number of nitrogen functional groups attached to an aromatic ring is 1. The first-order valence-corrected chi connectivity index (χ1v) is 4.86. The molecule has 1 aromatic rings. The highest BCUT2D eigenvalue weighted by molar-refractivity contribution is 5.72. The van der Waals surface area contributed by atoms with Gasteiger partial charge in [-0.1, -0.05) is 11.8 Å². The average Bonchev–Trinajstić information content (AvgIpc) is 2.27. The lowest BCUT2D eigenvalue weighted by atomic mass is 10.1. The van der Waals surface area contributed by atoms with Crippen molar-refractivity contribution in [1.29, 1.82) is 0 Å². The molecular formula is C12H10F3NO2. The van der Waals surface area contributed by atoms with Crippen LogP contribution in [0.2, 0.25) is 0 Å². The number of hydrogen-bond donors (Lipinski definition) is 1. The lowest BCUT2D eigenvalue weighted by molar-refractivity contribution is -0.139. The van der Waals surface area contributed by atoms with Crippen molar-refractivity contribution in [2.24, 2.45) is 0 Å². The van der Waals surface area contributed by atoms with Crippen LogP contribution in [0, 0.1) is 11.8 Å². The number of ether oxygens (including phenoxy) is 1. The van der Waals surface area contributed by atoms with Gasteiger partial charge in [-0.15, -0.1) is 0 Å². The van der Waals surface area contributed by atoms with E-state index in [9.17, 15) is 18.0 Å². The average molecular weight is 257 g/mol. The molecule has 0 bridgehead atoms. The Hall–Kier alpha value is -2.16. The third kappa shape index (κ3) is 4.01. The van der Waals surface area contributed by atoms with Crippen LogP contribution in [0.4, 0.5) is 18.9 Å². The Morgan fingerprint density at radius 3 is 2.61 bits per heavy atom. The molecule has 96 valence electrons. The molecule has 0 spiro atoms. The minimum Gasteiger partial charge on any atom is -0.468 e. The van der Waals surface area contributed by atoms with Crippen LogP contribution in [0.25, 0.3) is 0 Å².